The van der Waals surface area contributed by atoms with Crippen molar-refractivity contribution in [3.05, 3.63) is 24.2 Å². The number of piperidine rings is 1. The van der Waals surface area contributed by atoms with Gasteiger partial charge in [0.2, 0.25) is 11.8 Å². The molecule has 4 N–H and O–H groups in total. The van der Waals surface area contributed by atoms with Gasteiger partial charge in [-0.15, -0.1) is 0 Å². The fraction of sp³-hybridized carbons (Fsp3) is 0.632. The molecule has 1 aliphatic heterocycles. The van der Waals surface area contributed by atoms with Gasteiger partial charge in [0, 0.05) is 13.1 Å². The minimum atomic E-state index is -0.628. The lowest BCUT2D eigenvalue weighted by Crippen LogP contribution is -2.50. The average Bonchev–Trinajstić information content (AvgIpc) is 3.17. The van der Waals surface area contributed by atoms with E-state index in [4.69, 9.17) is 10.2 Å². The van der Waals surface area contributed by atoms with Crippen LogP contribution in [0.5, 0.6) is 0 Å². The van der Waals surface area contributed by atoms with E-state index in [0.717, 1.165) is 32.4 Å². The molecule has 3 amide bonds. The summed E-state index contributed by atoms with van der Waals surface area (Å²) in [4.78, 5) is 38.1. The molecule has 2 atom stereocenters. The van der Waals surface area contributed by atoms with Crippen molar-refractivity contribution in [1.29, 1.82) is 0 Å². The van der Waals surface area contributed by atoms with Crippen molar-refractivity contribution in [3.8, 4) is 0 Å². The van der Waals surface area contributed by atoms with E-state index in [2.05, 4.69) is 15.5 Å². The molecule has 150 valence electrons. The van der Waals surface area contributed by atoms with Gasteiger partial charge in [0.25, 0.3) is 5.91 Å². The first kappa shape index (κ1) is 21.0. The fourth-order valence-corrected chi connectivity index (χ4v) is 3.27. The van der Waals surface area contributed by atoms with Crippen molar-refractivity contribution in [2.24, 2.45) is 17.6 Å². The Bertz CT molecular complexity index is 630. The maximum absolute atomic E-state index is 12.5. The van der Waals surface area contributed by atoms with Gasteiger partial charge in [-0.3, -0.25) is 14.4 Å². The SMILES string of the molecule is CC(C)C(NC(=O)c1ccco1)C(=O)NCCCN1CCCC(C(N)=O)C1. The quantitative estimate of drug-likeness (QED) is 0.548. The van der Waals surface area contributed by atoms with Crippen molar-refractivity contribution < 1.29 is 18.8 Å². The Balaban J connectivity index is 1.74. The van der Waals surface area contributed by atoms with Crippen molar-refractivity contribution in [2.75, 3.05) is 26.2 Å². The maximum atomic E-state index is 12.5. The first-order chi connectivity index (χ1) is 12.9. The predicted molar refractivity (Wildman–Crippen MR) is 101 cm³/mol. The van der Waals surface area contributed by atoms with Gasteiger partial charge in [0.1, 0.15) is 6.04 Å². The number of amides is 3. The lowest BCUT2D eigenvalue weighted by Gasteiger charge is -2.31. The molecule has 0 radical (unpaired) electrons. The third kappa shape index (κ3) is 6.39. The number of rotatable bonds is 9. The van der Waals surface area contributed by atoms with Crippen molar-refractivity contribution in [1.82, 2.24) is 15.5 Å². The minimum absolute atomic E-state index is 0.0534. The predicted octanol–water partition coefficient (Wildman–Crippen LogP) is 0.738. The Morgan fingerprint density at radius 1 is 1.37 bits per heavy atom. The Kier molecular flexibility index (Phi) is 7.84. The van der Waals surface area contributed by atoms with Crippen LogP contribution in [0.25, 0.3) is 0 Å². The van der Waals surface area contributed by atoms with E-state index in [-0.39, 0.29) is 29.4 Å². The molecule has 1 saturated heterocycles. The maximum Gasteiger partial charge on any atom is 0.287 e. The minimum Gasteiger partial charge on any atom is -0.459 e. The van der Waals surface area contributed by atoms with E-state index >= 15 is 0 Å². The third-order valence-corrected chi connectivity index (χ3v) is 4.84. The Labute approximate surface area is 159 Å². The highest BCUT2D eigenvalue weighted by molar-refractivity contribution is 5.95. The number of nitrogens with one attached hydrogen (secondary N) is 2. The van der Waals surface area contributed by atoms with Gasteiger partial charge in [-0.25, -0.2) is 0 Å². The lowest BCUT2D eigenvalue weighted by molar-refractivity contribution is -0.124. The standard InChI is InChI=1S/C19H30N4O4/c1-13(2)16(22-18(25)15-7-4-11-27-15)19(26)21-8-5-10-23-9-3-6-14(12-23)17(20)24/h4,7,11,13-14,16H,3,5-6,8-10,12H2,1-2H3,(H2,20,24)(H,21,26)(H,22,25). The second-order valence-corrected chi connectivity index (χ2v) is 7.36. The number of hydrogen-bond acceptors (Lipinski definition) is 5. The fourth-order valence-electron chi connectivity index (χ4n) is 3.27. The van der Waals surface area contributed by atoms with E-state index in [1.807, 2.05) is 13.8 Å². The zero-order chi connectivity index (χ0) is 19.8. The molecule has 1 aromatic rings. The molecule has 8 nitrogen and oxygen atoms in total. The molecule has 0 aliphatic carbocycles. The molecule has 0 spiro atoms. The molecule has 2 rings (SSSR count). The van der Waals surface area contributed by atoms with Gasteiger partial charge in [0.05, 0.1) is 12.2 Å². The second-order valence-electron chi connectivity index (χ2n) is 7.36. The molecular weight excluding hydrogens is 348 g/mol. The summed E-state index contributed by atoms with van der Waals surface area (Å²) in [6.07, 6.45) is 4.01. The van der Waals surface area contributed by atoms with E-state index in [9.17, 15) is 14.4 Å². The molecule has 2 heterocycles. The molecular formula is C19H30N4O4. The largest absolute Gasteiger partial charge is 0.459 e. The molecule has 1 aliphatic rings. The summed E-state index contributed by atoms with van der Waals surface area (Å²) in [5.41, 5.74) is 5.40. The summed E-state index contributed by atoms with van der Waals surface area (Å²) >= 11 is 0. The number of hydrogen-bond donors (Lipinski definition) is 3. The number of likely N-dealkylation sites (tertiary alicyclic amines) is 1. The zero-order valence-electron chi connectivity index (χ0n) is 16.1. The lowest BCUT2D eigenvalue weighted by atomic mass is 9.97. The highest BCUT2D eigenvalue weighted by Gasteiger charge is 2.26. The van der Waals surface area contributed by atoms with Gasteiger partial charge >= 0.3 is 0 Å². The van der Waals surface area contributed by atoms with Crippen molar-refractivity contribution in [2.45, 2.75) is 39.2 Å². The molecule has 0 saturated carbocycles. The van der Waals surface area contributed by atoms with Crippen LogP contribution >= 0.6 is 0 Å². The van der Waals surface area contributed by atoms with Crippen molar-refractivity contribution >= 4 is 17.7 Å². The number of nitrogens with two attached hydrogens (primary N) is 1. The highest BCUT2D eigenvalue weighted by atomic mass is 16.3. The summed E-state index contributed by atoms with van der Waals surface area (Å²) < 4.78 is 5.06. The normalized spacial score (nSPS) is 18.9. The zero-order valence-corrected chi connectivity index (χ0v) is 16.1. The Morgan fingerprint density at radius 3 is 2.78 bits per heavy atom. The summed E-state index contributed by atoms with van der Waals surface area (Å²) in [5.74, 6) is -0.793. The van der Waals surface area contributed by atoms with Crippen LogP contribution in [0, 0.1) is 11.8 Å². The van der Waals surface area contributed by atoms with Crippen LogP contribution in [0.15, 0.2) is 22.8 Å². The highest BCUT2D eigenvalue weighted by Crippen LogP contribution is 2.15. The van der Waals surface area contributed by atoms with Crippen LogP contribution in [0.4, 0.5) is 0 Å². The summed E-state index contributed by atoms with van der Waals surface area (Å²) in [7, 11) is 0. The molecule has 0 aromatic carbocycles. The monoisotopic (exact) mass is 378 g/mol. The van der Waals surface area contributed by atoms with E-state index < -0.39 is 11.9 Å². The van der Waals surface area contributed by atoms with E-state index in [0.29, 0.717) is 13.1 Å². The summed E-state index contributed by atoms with van der Waals surface area (Å²) in [6.45, 7) is 6.71. The number of carbonyl (C=O) groups is 3. The molecule has 1 aromatic heterocycles. The van der Waals surface area contributed by atoms with Gasteiger partial charge in [-0.2, -0.15) is 0 Å². The number of furan rings is 1. The second kappa shape index (κ2) is 10.1. The van der Waals surface area contributed by atoms with Gasteiger partial charge < -0.3 is 25.7 Å². The van der Waals surface area contributed by atoms with Crippen LogP contribution in [0.2, 0.25) is 0 Å². The van der Waals surface area contributed by atoms with Crippen LogP contribution in [-0.4, -0.2) is 54.8 Å². The molecule has 2 unspecified atom stereocenters. The first-order valence-electron chi connectivity index (χ1n) is 9.52. The van der Waals surface area contributed by atoms with E-state index in [1.165, 1.54) is 6.26 Å². The summed E-state index contributed by atoms with van der Waals surface area (Å²) in [6, 6.07) is 2.56. The Hall–Kier alpha value is -2.35. The molecule has 0 bridgehead atoms. The smallest absolute Gasteiger partial charge is 0.287 e. The average molecular weight is 378 g/mol. The van der Waals surface area contributed by atoms with Crippen LogP contribution in [0.3, 0.4) is 0 Å². The number of primary amides is 1. The Morgan fingerprint density at radius 2 is 2.15 bits per heavy atom. The van der Waals surface area contributed by atoms with Crippen LogP contribution < -0.4 is 16.4 Å². The molecule has 27 heavy (non-hydrogen) atoms. The van der Waals surface area contributed by atoms with Gasteiger partial charge in [-0.05, 0) is 50.4 Å². The first-order valence-corrected chi connectivity index (χ1v) is 9.52. The van der Waals surface area contributed by atoms with Crippen LogP contribution in [-0.2, 0) is 9.59 Å². The third-order valence-electron chi connectivity index (χ3n) is 4.84. The molecule has 1 fully saturated rings. The topological polar surface area (TPSA) is 118 Å². The van der Waals surface area contributed by atoms with Crippen molar-refractivity contribution in [3.63, 3.8) is 0 Å². The molecule has 8 heteroatoms. The number of nitrogens with zero attached hydrogens (tertiary/aromatic N) is 1. The van der Waals surface area contributed by atoms with E-state index in [1.54, 1.807) is 12.1 Å². The number of carbonyl (C=O) groups excluding carboxylic acids is 3. The van der Waals surface area contributed by atoms with Gasteiger partial charge in [0.15, 0.2) is 5.76 Å². The van der Waals surface area contributed by atoms with Gasteiger partial charge in [-0.1, -0.05) is 13.8 Å². The summed E-state index contributed by atoms with van der Waals surface area (Å²) in [5, 5.41) is 5.61. The van der Waals surface area contributed by atoms with Crippen LogP contribution in [0.1, 0.15) is 43.7 Å².